The summed E-state index contributed by atoms with van der Waals surface area (Å²) in [5.41, 5.74) is 1.21. The highest BCUT2D eigenvalue weighted by molar-refractivity contribution is 5.19. The maximum Gasteiger partial charge on any atom is 0.137 e. The van der Waals surface area contributed by atoms with Gasteiger partial charge in [0.15, 0.2) is 0 Å². The van der Waals surface area contributed by atoms with Crippen molar-refractivity contribution in [1.82, 2.24) is 14.8 Å². The fourth-order valence-corrected chi connectivity index (χ4v) is 2.20. The van der Waals surface area contributed by atoms with Crippen LogP contribution in [0.2, 0.25) is 0 Å². The van der Waals surface area contributed by atoms with E-state index in [2.05, 4.69) is 22.2 Å². The SMILES string of the molecule is c1ccc(C2OCCC2n2cncn2)cc1. The van der Waals surface area contributed by atoms with Crippen molar-refractivity contribution < 1.29 is 4.74 Å². The Morgan fingerprint density at radius 2 is 2.12 bits per heavy atom. The number of ether oxygens (including phenoxy) is 1. The quantitative estimate of drug-likeness (QED) is 0.769. The van der Waals surface area contributed by atoms with E-state index in [0.29, 0.717) is 0 Å². The lowest BCUT2D eigenvalue weighted by Gasteiger charge is -2.18. The van der Waals surface area contributed by atoms with Crippen LogP contribution in [-0.2, 0) is 4.74 Å². The molecule has 0 saturated carbocycles. The number of rotatable bonds is 2. The second-order valence-electron chi connectivity index (χ2n) is 3.93. The van der Waals surface area contributed by atoms with Gasteiger partial charge >= 0.3 is 0 Å². The lowest BCUT2D eigenvalue weighted by molar-refractivity contribution is 0.0901. The van der Waals surface area contributed by atoms with E-state index in [-0.39, 0.29) is 12.1 Å². The number of hydrogen-bond acceptors (Lipinski definition) is 3. The van der Waals surface area contributed by atoms with Crippen LogP contribution < -0.4 is 0 Å². The monoisotopic (exact) mass is 215 g/mol. The molecule has 2 aromatic rings. The minimum absolute atomic E-state index is 0.0999. The fraction of sp³-hybridized carbons (Fsp3) is 0.333. The molecule has 4 heteroatoms. The van der Waals surface area contributed by atoms with Crippen molar-refractivity contribution in [3.8, 4) is 0 Å². The molecule has 1 aromatic carbocycles. The van der Waals surface area contributed by atoms with Crippen LogP contribution in [0.4, 0.5) is 0 Å². The van der Waals surface area contributed by atoms with Gasteiger partial charge in [-0.2, -0.15) is 5.10 Å². The molecule has 0 spiro atoms. The van der Waals surface area contributed by atoms with E-state index in [0.717, 1.165) is 13.0 Å². The number of aromatic nitrogens is 3. The van der Waals surface area contributed by atoms with Crippen LogP contribution >= 0.6 is 0 Å². The van der Waals surface area contributed by atoms with Gasteiger partial charge in [0.1, 0.15) is 18.8 Å². The van der Waals surface area contributed by atoms with Crippen LogP contribution in [0, 0.1) is 0 Å². The van der Waals surface area contributed by atoms with Gasteiger partial charge in [0.2, 0.25) is 0 Å². The van der Waals surface area contributed by atoms with Gasteiger partial charge < -0.3 is 4.74 Å². The Morgan fingerprint density at radius 1 is 1.25 bits per heavy atom. The molecule has 1 fully saturated rings. The first kappa shape index (κ1) is 9.54. The highest BCUT2D eigenvalue weighted by Gasteiger charge is 2.31. The summed E-state index contributed by atoms with van der Waals surface area (Å²) in [6.07, 6.45) is 4.42. The van der Waals surface area contributed by atoms with Crippen molar-refractivity contribution in [2.45, 2.75) is 18.6 Å². The van der Waals surface area contributed by atoms with Crippen LogP contribution in [-0.4, -0.2) is 21.4 Å². The van der Waals surface area contributed by atoms with Crippen molar-refractivity contribution in [3.63, 3.8) is 0 Å². The van der Waals surface area contributed by atoms with Crippen LogP contribution in [0.15, 0.2) is 43.0 Å². The standard InChI is InChI=1S/C12H13N3O/c1-2-4-10(5-3-1)12-11(6-7-16-12)15-9-13-8-14-15/h1-5,8-9,11-12H,6-7H2. The van der Waals surface area contributed by atoms with Gasteiger partial charge in [-0.3, -0.25) is 0 Å². The number of hydrogen-bond donors (Lipinski definition) is 0. The molecular weight excluding hydrogens is 202 g/mol. The van der Waals surface area contributed by atoms with Crippen molar-refractivity contribution in [2.75, 3.05) is 6.61 Å². The van der Waals surface area contributed by atoms with Gasteiger partial charge in [0, 0.05) is 6.61 Å². The first-order valence-electron chi connectivity index (χ1n) is 5.46. The third kappa shape index (κ3) is 1.61. The summed E-state index contributed by atoms with van der Waals surface area (Å²) >= 11 is 0. The van der Waals surface area contributed by atoms with Crippen LogP contribution in [0.25, 0.3) is 0 Å². The Morgan fingerprint density at radius 3 is 2.88 bits per heavy atom. The molecular formula is C12H13N3O. The van der Waals surface area contributed by atoms with E-state index >= 15 is 0 Å². The molecule has 0 radical (unpaired) electrons. The molecule has 2 atom stereocenters. The van der Waals surface area contributed by atoms with E-state index < -0.39 is 0 Å². The summed E-state index contributed by atoms with van der Waals surface area (Å²) < 4.78 is 7.68. The molecule has 4 nitrogen and oxygen atoms in total. The molecule has 0 N–H and O–H groups in total. The van der Waals surface area contributed by atoms with E-state index in [1.165, 1.54) is 5.56 Å². The Hall–Kier alpha value is -1.68. The predicted octanol–water partition coefficient (Wildman–Crippen LogP) is 1.98. The molecule has 1 aliphatic heterocycles. The summed E-state index contributed by atoms with van der Waals surface area (Å²) in [7, 11) is 0. The maximum atomic E-state index is 5.79. The molecule has 1 aromatic heterocycles. The van der Waals surface area contributed by atoms with Crippen molar-refractivity contribution in [1.29, 1.82) is 0 Å². The van der Waals surface area contributed by atoms with E-state index in [4.69, 9.17) is 4.74 Å². The minimum atomic E-state index is 0.0999. The zero-order valence-electron chi connectivity index (χ0n) is 8.86. The van der Waals surface area contributed by atoms with Crippen molar-refractivity contribution in [2.24, 2.45) is 0 Å². The van der Waals surface area contributed by atoms with Crippen molar-refractivity contribution in [3.05, 3.63) is 48.5 Å². The smallest absolute Gasteiger partial charge is 0.137 e. The summed E-state index contributed by atoms with van der Waals surface area (Å²) in [5, 5.41) is 4.20. The van der Waals surface area contributed by atoms with Gasteiger partial charge in [0.05, 0.1) is 6.04 Å². The Kier molecular flexibility index (Phi) is 2.42. The fourth-order valence-electron chi connectivity index (χ4n) is 2.20. The molecule has 16 heavy (non-hydrogen) atoms. The van der Waals surface area contributed by atoms with E-state index in [1.54, 1.807) is 12.7 Å². The topological polar surface area (TPSA) is 39.9 Å². The van der Waals surface area contributed by atoms with Crippen LogP contribution in [0.5, 0.6) is 0 Å². The van der Waals surface area contributed by atoms with E-state index in [9.17, 15) is 0 Å². The second kappa shape index (κ2) is 4.06. The zero-order chi connectivity index (χ0) is 10.8. The summed E-state index contributed by atoms with van der Waals surface area (Å²) in [6.45, 7) is 0.782. The van der Waals surface area contributed by atoms with E-state index in [1.807, 2.05) is 22.9 Å². The Balaban J connectivity index is 1.90. The van der Waals surface area contributed by atoms with Gasteiger partial charge in [0.25, 0.3) is 0 Å². The lowest BCUT2D eigenvalue weighted by Crippen LogP contribution is -2.13. The first-order valence-corrected chi connectivity index (χ1v) is 5.46. The Bertz CT molecular complexity index is 441. The lowest BCUT2D eigenvalue weighted by atomic mass is 10.0. The zero-order valence-corrected chi connectivity index (χ0v) is 8.86. The van der Waals surface area contributed by atoms with Crippen LogP contribution in [0.1, 0.15) is 24.1 Å². The molecule has 0 bridgehead atoms. The molecule has 2 unspecified atom stereocenters. The highest BCUT2D eigenvalue weighted by Crippen LogP contribution is 2.37. The number of nitrogens with zero attached hydrogens (tertiary/aromatic N) is 3. The molecule has 3 rings (SSSR count). The molecule has 1 aliphatic rings. The summed E-state index contributed by atoms with van der Waals surface area (Å²) in [4.78, 5) is 3.99. The predicted molar refractivity (Wildman–Crippen MR) is 58.8 cm³/mol. The third-order valence-electron chi connectivity index (χ3n) is 2.97. The molecule has 0 amide bonds. The van der Waals surface area contributed by atoms with Crippen LogP contribution in [0.3, 0.4) is 0 Å². The summed E-state index contributed by atoms with van der Waals surface area (Å²) in [6, 6.07) is 10.6. The summed E-state index contributed by atoms with van der Waals surface area (Å²) in [5.74, 6) is 0. The van der Waals surface area contributed by atoms with Gasteiger partial charge in [-0.25, -0.2) is 9.67 Å². The average Bonchev–Trinajstić information content (AvgIpc) is 3.01. The largest absolute Gasteiger partial charge is 0.371 e. The first-order chi connectivity index (χ1) is 7.95. The highest BCUT2D eigenvalue weighted by atomic mass is 16.5. The van der Waals surface area contributed by atoms with Crippen molar-refractivity contribution >= 4 is 0 Å². The Labute approximate surface area is 93.9 Å². The minimum Gasteiger partial charge on any atom is -0.371 e. The molecule has 1 saturated heterocycles. The molecule has 82 valence electrons. The van der Waals surface area contributed by atoms with Gasteiger partial charge in [-0.1, -0.05) is 30.3 Å². The number of benzene rings is 1. The average molecular weight is 215 g/mol. The molecule has 2 heterocycles. The van der Waals surface area contributed by atoms with Gasteiger partial charge in [-0.15, -0.1) is 0 Å². The van der Waals surface area contributed by atoms with Gasteiger partial charge in [-0.05, 0) is 12.0 Å². The molecule has 0 aliphatic carbocycles. The normalized spacial score (nSPS) is 24.8. The third-order valence-corrected chi connectivity index (χ3v) is 2.97. The second-order valence-corrected chi connectivity index (χ2v) is 3.93. The maximum absolute atomic E-state index is 5.79.